The molecular formula is C18H15Cl3N3O4S-. The van der Waals surface area contributed by atoms with Crippen LogP contribution in [0.1, 0.15) is 20.7 Å². The summed E-state index contributed by atoms with van der Waals surface area (Å²) in [6, 6.07) is 12.1. The molecule has 2 rings (SSSR count). The van der Waals surface area contributed by atoms with Crippen molar-refractivity contribution in [3.8, 4) is 5.75 Å². The van der Waals surface area contributed by atoms with Crippen molar-refractivity contribution in [3.05, 3.63) is 59.7 Å². The number of amides is 1. The van der Waals surface area contributed by atoms with Gasteiger partial charge in [0.2, 0.25) is 3.79 Å². The smallest absolute Gasteiger partial charge is 0.252 e. The number of carboxylic acid groups (broad SMARTS) is 1. The van der Waals surface area contributed by atoms with E-state index in [1.54, 1.807) is 30.3 Å². The number of thiocarbonyl (C=S) groups is 1. The first-order valence-electron chi connectivity index (χ1n) is 8.00. The van der Waals surface area contributed by atoms with E-state index in [9.17, 15) is 14.7 Å². The third kappa shape index (κ3) is 6.93. The molecule has 0 radical (unpaired) electrons. The van der Waals surface area contributed by atoms with E-state index in [1.807, 2.05) is 0 Å². The zero-order valence-corrected chi connectivity index (χ0v) is 18.0. The van der Waals surface area contributed by atoms with Crippen molar-refractivity contribution < 1.29 is 19.4 Å². The third-order valence-electron chi connectivity index (χ3n) is 3.59. The first-order valence-corrected chi connectivity index (χ1v) is 9.55. The minimum Gasteiger partial charge on any atom is -0.545 e. The first-order chi connectivity index (χ1) is 13.6. The molecule has 1 atom stereocenters. The second-order valence-electron chi connectivity index (χ2n) is 5.64. The summed E-state index contributed by atoms with van der Waals surface area (Å²) in [6.45, 7) is 0. The molecule has 2 aromatic carbocycles. The largest absolute Gasteiger partial charge is 0.545 e. The highest BCUT2D eigenvalue weighted by Crippen LogP contribution is 2.29. The molecule has 0 saturated carbocycles. The Bertz CT molecular complexity index is 904. The van der Waals surface area contributed by atoms with Crippen LogP contribution < -0.4 is 25.8 Å². The minimum absolute atomic E-state index is 0.00754. The number of benzene rings is 2. The molecule has 1 amide bonds. The Morgan fingerprint density at radius 3 is 2.28 bits per heavy atom. The quantitative estimate of drug-likeness (QED) is 0.335. The van der Waals surface area contributed by atoms with E-state index in [-0.39, 0.29) is 10.7 Å². The number of ether oxygens (including phenoxy) is 1. The van der Waals surface area contributed by atoms with Crippen LogP contribution in [0.3, 0.4) is 0 Å². The molecule has 154 valence electrons. The highest BCUT2D eigenvalue weighted by Gasteiger charge is 2.34. The lowest BCUT2D eigenvalue weighted by Crippen LogP contribution is -2.56. The molecule has 0 heterocycles. The van der Waals surface area contributed by atoms with Gasteiger partial charge in [-0.15, -0.1) is 0 Å². The Hall–Kier alpha value is -2.26. The Morgan fingerprint density at radius 1 is 1.07 bits per heavy atom. The van der Waals surface area contributed by atoms with Gasteiger partial charge in [0.15, 0.2) is 5.11 Å². The highest BCUT2D eigenvalue weighted by atomic mass is 35.6. The summed E-state index contributed by atoms with van der Waals surface area (Å²) in [4.78, 5) is 23.4. The van der Waals surface area contributed by atoms with Crippen LogP contribution in [0.5, 0.6) is 5.75 Å². The molecule has 0 aliphatic carbocycles. The van der Waals surface area contributed by atoms with E-state index in [1.165, 1.54) is 25.3 Å². The second-order valence-corrected chi connectivity index (χ2v) is 8.42. The summed E-state index contributed by atoms with van der Waals surface area (Å²) in [5.74, 6) is -1.27. The van der Waals surface area contributed by atoms with Gasteiger partial charge in [0.05, 0.1) is 13.1 Å². The van der Waals surface area contributed by atoms with Crippen LogP contribution in [0, 0.1) is 0 Å². The summed E-state index contributed by atoms with van der Waals surface area (Å²) < 4.78 is 3.10. The number of anilines is 1. The van der Waals surface area contributed by atoms with Gasteiger partial charge in [-0.05, 0) is 54.2 Å². The van der Waals surface area contributed by atoms with Gasteiger partial charge >= 0.3 is 0 Å². The molecule has 0 bridgehead atoms. The number of rotatable bonds is 6. The number of alkyl halides is 3. The van der Waals surface area contributed by atoms with E-state index < -0.39 is 21.8 Å². The lowest BCUT2D eigenvalue weighted by atomic mass is 10.2. The van der Waals surface area contributed by atoms with Crippen LogP contribution in [0.2, 0.25) is 0 Å². The van der Waals surface area contributed by atoms with Crippen LogP contribution in [-0.4, -0.2) is 34.1 Å². The van der Waals surface area contributed by atoms with E-state index in [0.717, 1.165) is 0 Å². The predicted octanol–water partition coefficient (Wildman–Crippen LogP) is 2.47. The summed E-state index contributed by atoms with van der Waals surface area (Å²) in [5, 5.41) is 18.9. The Labute approximate surface area is 187 Å². The molecular weight excluding hydrogens is 461 g/mol. The van der Waals surface area contributed by atoms with Crippen molar-refractivity contribution in [2.24, 2.45) is 0 Å². The maximum atomic E-state index is 12.5. The highest BCUT2D eigenvalue weighted by molar-refractivity contribution is 7.80. The van der Waals surface area contributed by atoms with Crippen molar-refractivity contribution in [1.82, 2.24) is 10.6 Å². The molecule has 3 N–H and O–H groups in total. The molecule has 0 saturated heterocycles. The standard InChI is InChI=1S/C18H16Cl3N3O4S/c1-28-13-7-5-10(6-8-13)14(25)23-16(18(19,20)21)24-17(29)22-12-4-2-3-11(9-12)15(26)27/h2-9,16H,1H3,(H,23,25)(H,26,27)(H2,22,24,29)/p-1. The zero-order chi connectivity index (χ0) is 21.6. The van der Waals surface area contributed by atoms with E-state index in [4.69, 9.17) is 51.8 Å². The Balaban J connectivity index is 2.08. The fourth-order valence-corrected chi connectivity index (χ4v) is 2.74. The van der Waals surface area contributed by atoms with Crippen LogP contribution in [0.25, 0.3) is 0 Å². The number of aromatic carboxylic acids is 1. The number of carbonyl (C=O) groups excluding carboxylic acids is 2. The third-order valence-corrected chi connectivity index (χ3v) is 4.46. The maximum Gasteiger partial charge on any atom is 0.252 e. The summed E-state index contributed by atoms with van der Waals surface area (Å²) in [6.07, 6.45) is -1.19. The van der Waals surface area contributed by atoms with E-state index in [2.05, 4.69) is 16.0 Å². The molecule has 1 unspecified atom stereocenters. The van der Waals surface area contributed by atoms with Crippen LogP contribution in [0.4, 0.5) is 5.69 Å². The van der Waals surface area contributed by atoms with Crippen LogP contribution >= 0.6 is 47.0 Å². The van der Waals surface area contributed by atoms with Crippen molar-refractivity contribution in [2.75, 3.05) is 12.4 Å². The number of methoxy groups -OCH3 is 1. The van der Waals surface area contributed by atoms with Gasteiger partial charge in [-0.25, -0.2) is 0 Å². The van der Waals surface area contributed by atoms with Gasteiger partial charge in [-0.2, -0.15) is 0 Å². The molecule has 11 heteroatoms. The van der Waals surface area contributed by atoms with Gasteiger partial charge in [-0.1, -0.05) is 46.9 Å². The predicted molar refractivity (Wildman–Crippen MR) is 115 cm³/mol. The molecule has 0 spiro atoms. The van der Waals surface area contributed by atoms with Gasteiger partial charge in [-0.3, -0.25) is 4.79 Å². The first kappa shape index (κ1) is 23.0. The summed E-state index contributed by atoms with van der Waals surface area (Å²) in [7, 11) is 1.51. The summed E-state index contributed by atoms with van der Waals surface area (Å²) in [5.41, 5.74) is 0.643. The monoisotopic (exact) mass is 474 g/mol. The number of carbonyl (C=O) groups is 2. The lowest BCUT2D eigenvalue weighted by molar-refractivity contribution is -0.255. The van der Waals surface area contributed by atoms with Crippen molar-refractivity contribution in [3.63, 3.8) is 0 Å². The normalized spacial score (nSPS) is 11.9. The topological polar surface area (TPSA) is 103 Å². The van der Waals surface area contributed by atoms with Crippen molar-refractivity contribution in [2.45, 2.75) is 9.96 Å². The zero-order valence-electron chi connectivity index (χ0n) is 14.9. The number of carboxylic acids is 1. The SMILES string of the molecule is COc1ccc(C(=O)NC(NC(=S)Nc2cccc(C(=O)[O-])c2)C(Cl)(Cl)Cl)cc1. The van der Waals surface area contributed by atoms with Crippen LogP contribution in [-0.2, 0) is 0 Å². The van der Waals surface area contributed by atoms with E-state index >= 15 is 0 Å². The van der Waals surface area contributed by atoms with Gasteiger partial charge in [0, 0.05) is 11.3 Å². The average molecular weight is 476 g/mol. The molecule has 0 aromatic heterocycles. The Morgan fingerprint density at radius 2 is 1.72 bits per heavy atom. The second kappa shape index (κ2) is 9.98. The molecule has 0 aliphatic rings. The van der Waals surface area contributed by atoms with Gasteiger partial charge < -0.3 is 30.6 Å². The average Bonchev–Trinajstić information content (AvgIpc) is 2.66. The lowest BCUT2D eigenvalue weighted by Gasteiger charge is -2.28. The molecule has 2 aromatic rings. The molecule has 29 heavy (non-hydrogen) atoms. The maximum absolute atomic E-state index is 12.5. The molecule has 0 aliphatic heterocycles. The molecule has 7 nitrogen and oxygen atoms in total. The van der Waals surface area contributed by atoms with Crippen molar-refractivity contribution >= 4 is 69.7 Å². The fraction of sp³-hybridized carbons (Fsp3) is 0.167. The number of halogens is 3. The van der Waals surface area contributed by atoms with E-state index in [0.29, 0.717) is 17.0 Å². The van der Waals surface area contributed by atoms with Crippen LogP contribution in [0.15, 0.2) is 48.5 Å². The van der Waals surface area contributed by atoms with Gasteiger partial charge in [0.1, 0.15) is 11.9 Å². The number of nitrogens with one attached hydrogen (secondary N) is 3. The fourth-order valence-electron chi connectivity index (χ4n) is 2.18. The minimum atomic E-state index is -1.94. The Kier molecular flexibility index (Phi) is 7.92. The number of hydrogen-bond acceptors (Lipinski definition) is 5. The van der Waals surface area contributed by atoms with Gasteiger partial charge in [0.25, 0.3) is 5.91 Å². The molecule has 0 fully saturated rings. The number of hydrogen-bond donors (Lipinski definition) is 3. The van der Waals surface area contributed by atoms with Crippen molar-refractivity contribution in [1.29, 1.82) is 0 Å². The summed E-state index contributed by atoms with van der Waals surface area (Å²) >= 11 is 23.0.